The van der Waals surface area contributed by atoms with Gasteiger partial charge in [-0.2, -0.15) is 0 Å². The topological polar surface area (TPSA) is 84.1 Å². The molecule has 5 nitrogen and oxygen atoms in total. The number of nitrogens with one attached hydrogen (secondary N) is 1. The number of nitrogen functional groups attached to an aromatic ring is 1. The number of nitrogens with two attached hydrogens (primary N) is 1. The van der Waals surface area contributed by atoms with Gasteiger partial charge in [-0.25, -0.2) is 9.97 Å². The summed E-state index contributed by atoms with van der Waals surface area (Å²) in [5, 5.41) is 12.1. The summed E-state index contributed by atoms with van der Waals surface area (Å²) in [7, 11) is 0. The first-order chi connectivity index (χ1) is 8.75. The zero-order chi connectivity index (χ0) is 13.2. The van der Waals surface area contributed by atoms with Crippen molar-refractivity contribution in [3.05, 3.63) is 11.5 Å². The van der Waals surface area contributed by atoms with Gasteiger partial charge in [0.1, 0.15) is 12.0 Å². The molecule has 0 aliphatic heterocycles. The lowest BCUT2D eigenvalue weighted by Crippen LogP contribution is -2.07. The number of aliphatic hydroxyl groups is 1. The minimum atomic E-state index is 0.288. The van der Waals surface area contributed by atoms with Crippen LogP contribution in [0.4, 0.5) is 11.5 Å². The summed E-state index contributed by atoms with van der Waals surface area (Å²) in [5.41, 5.74) is 6.14. The molecule has 0 unspecified atom stereocenters. The van der Waals surface area contributed by atoms with Crippen LogP contribution in [-0.4, -0.2) is 28.2 Å². The summed E-state index contributed by atoms with van der Waals surface area (Å²) in [6.07, 6.45) is 8.03. The Morgan fingerprint density at radius 2 is 1.78 bits per heavy atom. The van der Waals surface area contributed by atoms with E-state index in [2.05, 4.69) is 15.3 Å². The van der Waals surface area contributed by atoms with Gasteiger partial charge in [0.25, 0.3) is 0 Å². The first-order valence-electron chi connectivity index (χ1n) is 6.36. The average molecular weight is 273 g/mol. The van der Waals surface area contributed by atoms with Crippen molar-refractivity contribution in [2.45, 2.75) is 38.5 Å². The summed E-state index contributed by atoms with van der Waals surface area (Å²) >= 11 is 5.79. The molecule has 1 aromatic heterocycles. The predicted molar refractivity (Wildman–Crippen MR) is 74.7 cm³/mol. The summed E-state index contributed by atoms with van der Waals surface area (Å²) in [6, 6.07) is 0. The van der Waals surface area contributed by atoms with E-state index in [1.165, 1.54) is 19.2 Å². The van der Waals surface area contributed by atoms with Crippen molar-refractivity contribution in [2.75, 3.05) is 24.2 Å². The van der Waals surface area contributed by atoms with Crippen LogP contribution in [0.5, 0.6) is 0 Å². The Labute approximate surface area is 113 Å². The van der Waals surface area contributed by atoms with Gasteiger partial charge in [0, 0.05) is 13.2 Å². The van der Waals surface area contributed by atoms with Gasteiger partial charge >= 0.3 is 0 Å². The zero-order valence-electron chi connectivity index (χ0n) is 10.5. The van der Waals surface area contributed by atoms with Crippen LogP contribution < -0.4 is 11.1 Å². The molecule has 0 radical (unpaired) electrons. The Balaban J connectivity index is 2.09. The normalized spacial score (nSPS) is 10.6. The smallest absolute Gasteiger partial charge is 0.157 e. The van der Waals surface area contributed by atoms with Gasteiger partial charge in [0.2, 0.25) is 0 Å². The number of unbranched alkanes of at least 4 members (excludes halogenated alkanes) is 5. The highest BCUT2D eigenvalue weighted by Gasteiger charge is 2.04. The number of hydrogen-bond donors (Lipinski definition) is 3. The molecule has 0 saturated carbocycles. The van der Waals surface area contributed by atoms with E-state index in [9.17, 15) is 0 Å². The van der Waals surface area contributed by atoms with E-state index in [-0.39, 0.29) is 5.15 Å². The summed E-state index contributed by atoms with van der Waals surface area (Å²) in [5.74, 6) is 0.607. The van der Waals surface area contributed by atoms with Crippen LogP contribution in [0.15, 0.2) is 6.33 Å². The molecule has 0 amide bonds. The van der Waals surface area contributed by atoms with E-state index in [4.69, 9.17) is 22.4 Å². The Hall–Kier alpha value is -1.07. The molecule has 1 aromatic rings. The van der Waals surface area contributed by atoms with Crippen LogP contribution in [0.25, 0.3) is 0 Å². The first kappa shape index (κ1) is 15.0. The van der Waals surface area contributed by atoms with E-state index >= 15 is 0 Å². The molecule has 0 bridgehead atoms. The van der Waals surface area contributed by atoms with Gasteiger partial charge in [-0.15, -0.1) is 0 Å². The van der Waals surface area contributed by atoms with Crippen LogP contribution in [0.3, 0.4) is 0 Å². The van der Waals surface area contributed by atoms with Crippen molar-refractivity contribution in [1.82, 2.24) is 9.97 Å². The lowest BCUT2D eigenvalue weighted by Gasteiger charge is -2.08. The van der Waals surface area contributed by atoms with Crippen molar-refractivity contribution in [3.8, 4) is 0 Å². The summed E-state index contributed by atoms with van der Waals surface area (Å²) in [6.45, 7) is 1.13. The Bertz CT molecular complexity index is 349. The van der Waals surface area contributed by atoms with Crippen molar-refractivity contribution < 1.29 is 5.11 Å². The molecule has 1 rings (SSSR count). The second-order valence-corrected chi connectivity index (χ2v) is 4.56. The van der Waals surface area contributed by atoms with Crippen molar-refractivity contribution >= 4 is 23.1 Å². The van der Waals surface area contributed by atoms with Crippen molar-refractivity contribution in [1.29, 1.82) is 0 Å². The maximum absolute atomic E-state index is 8.64. The van der Waals surface area contributed by atoms with Crippen LogP contribution in [0.2, 0.25) is 5.15 Å². The SMILES string of the molecule is Nc1c(Cl)ncnc1NCCCCCCCCO. The highest BCUT2D eigenvalue weighted by atomic mass is 35.5. The Morgan fingerprint density at radius 3 is 2.50 bits per heavy atom. The molecular weight excluding hydrogens is 252 g/mol. The third-order valence-electron chi connectivity index (χ3n) is 2.71. The van der Waals surface area contributed by atoms with Crippen LogP contribution in [0, 0.1) is 0 Å². The van der Waals surface area contributed by atoms with Gasteiger partial charge in [-0.05, 0) is 12.8 Å². The fraction of sp³-hybridized carbons (Fsp3) is 0.667. The van der Waals surface area contributed by atoms with E-state index < -0.39 is 0 Å². The second-order valence-electron chi connectivity index (χ2n) is 4.20. The van der Waals surface area contributed by atoms with E-state index in [0.29, 0.717) is 18.1 Å². The van der Waals surface area contributed by atoms with E-state index in [1.807, 2.05) is 0 Å². The predicted octanol–water partition coefficient (Wildman–Crippen LogP) is 2.46. The number of halogens is 1. The highest BCUT2D eigenvalue weighted by Crippen LogP contribution is 2.21. The quantitative estimate of drug-likeness (QED) is 0.475. The van der Waals surface area contributed by atoms with Crippen molar-refractivity contribution in [2.24, 2.45) is 0 Å². The average Bonchev–Trinajstić information content (AvgIpc) is 2.37. The van der Waals surface area contributed by atoms with Crippen LogP contribution in [0.1, 0.15) is 38.5 Å². The molecule has 0 aliphatic rings. The molecule has 102 valence electrons. The van der Waals surface area contributed by atoms with Crippen molar-refractivity contribution in [3.63, 3.8) is 0 Å². The molecular formula is C12H21ClN4O. The third kappa shape index (κ3) is 5.51. The lowest BCUT2D eigenvalue weighted by molar-refractivity contribution is 0.282. The maximum atomic E-state index is 8.64. The van der Waals surface area contributed by atoms with Gasteiger partial charge in [0.15, 0.2) is 11.0 Å². The lowest BCUT2D eigenvalue weighted by atomic mass is 10.1. The van der Waals surface area contributed by atoms with Gasteiger partial charge < -0.3 is 16.2 Å². The highest BCUT2D eigenvalue weighted by molar-refractivity contribution is 6.32. The minimum Gasteiger partial charge on any atom is -0.396 e. The summed E-state index contributed by atoms with van der Waals surface area (Å²) in [4.78, 5) is 7.83. The number of rotatable bonds is 9. The Kier molecular flexibility index (Phi) is 7.44. The van der Waals surface area contributed by atoms with Gasteiger partial charge in [-0.3, -0.25) is 0 Å². The maximum Gasteiger partial charge on any atom is 0.157 e. The molecule has 0 spiro atoms. The molecule has 0 saturated heterocycles. The number of aromatic nitrogens is 2. The van der Waals surface area contributed by atoms with E-state index in [0.717, 1.165) is 32.2 Å². The fourth-order valence-corrected chi connectivity index (χ4v) is 1.80. The van der Waals surface area contributed by atoms with Crippen LogP contribution >= 0.6 is 11.6 Å². The monoisotopic (exact) mass is 272 g/mol. The Morgan fingerprint density at radius 1 is 1.11 bits per heavy atom. The fourth-order valence-electron chi connectivity index (χ4n) is 1.67. The largest absolute Gasteiger partial charge is 0.396 e. The minimum absolute atomic E-state index is 0.288. The van der Waals surface area contributed by atoms with Crippen LogP contribution in [-0.2, 0) is 0 Å². The molecule has 1 heterocycles. The first-order valence-corrected chi connectivity index (χ1v) is 6.74. The molecule has 0 aliphatic carbocycles. The zero-order valence-corrected chi connectivity index (χ0v) is 11.3. The third-order valence-corrected chi connectivity index (χ3v) is 3.01. The summed E-state index contributed by atoms with van der Waals surface area (Å²) < 4.78 is 0. The molecule has 0 fully saturated rings. The van der Waals surface area contributed by atoms with Gasteiger partial charge in [-0.1, -0.05) is 37.3 Å². The number of aliphatic hydroxyl groups excluding tert-OH is 1. The molecule has 6 heteroatoms. The number of hydrogen-bond acceptors (Lipinski definition) is 5. The van der Waals surface area contributed by atoms with Gasteiger partial charge in [0.05, 0.1) is 0 Å². The number of nitrogens with zero attached hydrogens (tertiary/aromatic N) is 2. The molecule has 18 heavy (non-hydrogen) atoms. The second kappa shape index (κ2) is 8.94. The molecule has 0 atom stereocenters. The standard InChI is InChI=1S/C12H21ClN4O/c13-11-10(14)12(17-9-16-11)15-7-5-3-1-2-4-6-8-18/h9,18H,1-8,14H2,(H,15,16,17). The number of anilines is 2. The van der Waals surface area contributed by atoms with E-state index in [1.54, 1.807) is 0 Å². The molecule has 4 N–H and O–H groups in total. The molecule has 0 aromatic carbocycles.